The quantitative estimate of drug-likeness (QED) is 0.492. The van der Waals surface area contributed by atoms with Gasteiger partial charge in [-0.3, -0.25) is 13.9 Å². The van der Waals surface area contributed by atoms with Gasteiger partial charge in [0.25, 0.3) is 5.56 Å². The number of benzene rings is 2. The Bertz CT molecular complexity index is 1290. The van der Waals surface area contributed by atoms with Crippen molar-refractivity contribution in [2.75, 3.05) is 0 Å². The number of aryl methyl sites for hydroxylation is 2. The van der Waals surface area contributed by atoms with Crippen molar-refractivity contribution >= 4 is 26.8 Å². The van der Waals surface area contributed by atoms with Crippen LogP contribution < -0.4 is 11.2 Å². The third-order valence-corrected chi connectivity index (χ3v) is 5.47. The van der Waals surface area contributed by atoms with Crippen molar-refractivity contribution in [2.45, 2.75) is 6.92 Å². The van der Waals surface area contributed by atoms with Crippen molar-refractivity contribution in [3.05, 3.63) is 85.6 Å². The normalized spacial score (nSPS) is 11.3. The number of hydrogen-bond donors (Lipinski definition) is 0. The van der Waals surface area contributed by atoms with Crippen LogP contribution in [-0.2, 0) is 14.1 Å². The van der Waals surface area contributed by atoms with Gasteiger partial charge in [0.1, 0.15) is 0 Å². The van der Waals surface area contributed by atoms with E-state index in [0.29, 0.717) is 10.9 Å². The Hall–Kier alpha value is -2.86. The van der Waals surface area contributed by atoms with Gasteiger partial charge in [-0.25, -0.2) is 4.79 Å². The highest BCUT2D eigenvalue weighted by Crippen LogP contribution is 2.33. The zero-order valence-electron chi connectivity index (χ0n) is 15.2. The van der Waals surface area contributed by atoms with E-state index in [1.54, 1.807) is 7.05 Å². The highest BCUT2D eigenvalue weighted by atomic mass is 79.9. The van der Waals surface area contributed by atoms with Crippen molar-refractivity contribution in [1.82, 2.24) is 13.7 Å². The second-order valence-corrected chi connectivity index (χ2v) is 7.52. The van der Waals surface area contributed by atoms with Crippen molar-refractivity contribution < 1.29 is 0 Å². The predicted molar refractivity (Wildman–Crippen MR) is 112 cm³/mol. The molecule has 0 bridgehead atoms. The lowest BCUT2D eigenvalue weighted by atomic mass is 10.0. The van der Waals surface area contributed by atoms with Crippen LogP contribution in [0.4, 0.5) is 0 Å². The van der Waals surface area contributed by atoms with Gasteiger partial charge in [0.15, 0.2) is 0 Å². The first-order valence-electron chi connectivity index (χ1n) is 8.53. The lowest BCUT2D eigenvalue weighted by molar-refractivity contribution is 0.714. The van der Waals surface area contributed by atoms with Crippen molar-refractivity contribution in [1.29, 1.82) is 0 Å². The van der Waals surface area contributed by atoms with Gasteiger partial charge >= 0.3 is 5.69 Å². The zero-order chi connectivity index (χ0) is 19.3. The minimum atomic E-state index is -0.336. The van der Waals surface area contributed by atoms with Crippen LogP contribution in [-0.4, -0.2) is 13.7 Å². The highest BCUT2D eigenvalue weighted by molar-refractivity contribution is 9.10. The molecule has 0 amide bonds. The van der Waals surface area contributed by atoms with E-state index in [0.717, 1.165) is 31.5 Å². The Labute approximate surface area is 164 Å². The maximum absolute atomic E-state index is 13.0. The molecule has 4 rings (SSSR count). The summed E-state index contributed by atoms with van der Waals surface area (Å²) in [5.41, 5.74) is 3.73. The van der Waals surface area contributed by atoms with Crippen LogP contribution in [0.5, 0.6) is 0 Å². The fraction of sp³-hybridized carbons (Fsp3) is 0.143. The highest BCUT2D eigenvalue weighted by Gasteiger charge is 2.21. The number of aromatic nitrogens is 3. The van der Waals surface area contributed by atoms with Crippen molar-refractivity contribution in [3.8, 4) is 16.9 Å². The summed E-state index contributed by atoms with van der Waals surface area (Å²) < 4.78 is 5.65. The van der Waals surface area contributed by atoms with Gasteiger partial charge in [-0.2, -0.15) is 0 Å². The fourth-order valence-corrected chi connectivity index (χ4v) is 3.71. The molecule has 0 aliphatic carbocycles. The van der Waals surface area contributed by atoms with Crippen molar-refractivity contribution in [3.63, 3.8) is 0 Å². The standard InChI is InChI=1S/C21H18BrN3O2/c1-13-6-4-5-7-16(13)19-18-17(23(2)21(27)24(3)20(18)26)12-25(19)15-10-8-14(22)9-11-15/h4-12H,1-3H3. The summed E-state index contributed by atoms with van der Waals surface area (Å²) in [5, 5.41) is 0.539. The zero-order valence-corrected chi connectivity index (χ0v) is 16.8. The molecule has 4 aromatic rings. The van der Waals surface area contributed by atoms with Crippen LogP contribution in [0.1, 0.15) is 5.56 Å². The Morgan fingerprint density at radius 3 is 2.22 bits per heavy atom. The molecule has 0 fully saturated rings. The maximum Gasteiger partial charge on any atom is 0.330 e. The molecule has 0 radical (unpaired) electrons. The molecule has 0 aliphatic rings. The van der Waals surface area contributed by atoms with Gasteiger partial charge in [-0.1, -0.05) is 40.2 Å². The molecule has 0 aliphatic heterocycles. The number of halogens is 1. The molecule has 5 nitrogen and oxygen atoms in total. The van der Waals surface area contributed by atoms with Gasteiger partial charge < -0.3 is 4.57 Å². The smallest absolute Gasteiger partial charge is 0.314 e. The van der Waals surface area contributed by atoms with E-state index >= 15 is 0 Å². The molecule has 0 saturated heterocycles. The average Bonchev–Trinajstić information content (AvgIpc) is 3.06. The first-order valence-corrected chi connectivity index (χ1v) is 9.32. The largest absolute Gasteiger partial charge is 0.330 e. The third-order valence-electron chi connectivity index (χ3n) is 4.94. The summed E-state index contributed by atoms with van der Waals surface area (Å²) in [4.78, 5) is 25.5. The third kappa shape index (κ3) is 2.68. The number of rotatable bonds is 2. The van der Waals surface area contributed by atoms with E-state index < -0.39 is 0 Å². The monoisotopic (exact) mass is 423 g/mol. The van der Waals surface area contributed by atoms with Gasteiger partial charge in [0, 0.05) is 36.0 Å². The van der Waals surface area contributed by atoms with Gasteiger partial charge in [0.2, 0.25) is 0 Å². The second-order valence-electron chi connectivity index (χ2n) is 6.61. The lowest BCUT2D eigenvalue weighted by Crippen LogP contribution is -2.36. The van der Waals surface area contributed by atoms with Gasteiger partial charge in [0.05, 0.1) is 16.6 Å². The summed E-state index contributed by atoms with van der Waals surface area (Å²) >= 11 is 3.46. The maximum atomic E-state index is 13.0. The van der Waals surface area contributed by atoms with E-state index in [-0.39, 0.29) is 11.2 Å². The second kappa shape index (κ2) is 6.39. The number of fused-ring (bicyclic) bond motifs is 1. The van der Waals surface area contributed by atoms with E-state index in [4.69, 9.17) is 0 Å². The van der Waals surface area contributed by atoms with Crippen molar-refractivity contribution in [2.24, 2.45) is 14.1 Å². The predicted octanol–water partition coefficient (Wildman–Crippen LogP) is 3.77. The van der Waals surface area contributed by atoms with Crippen LogP contribution in [0, 0.1) is 6.92 Å². The SMILES string of the molecule is Cc1ccccc1-c1c2c(=O)n(C)c(=O)n(C)c2cn1-c1ccc(Br)cc1. The van der Waals surface area contributed by atoms with E-state index in [1.807, 2.05) is 66.2 Å². The first-order chi connectivity index (χ1) is 12.9. The molecule has 0 atom stereocenters. The summed E-state index contributed by atoms with van der Waals surface area (Å²) in [6, 6.07) is 15.8. The van der Waals surface area contributed by atoms with Crippen LogP contribution in [0.2, 0.25) is 0 Å². The minimum Gasteiger partial charge on any atom is -0.314 e. The van der Waals surface area contributed by atoms with E-state index in [2.05, 4.69) is 15.9 Å². The Balaban J connectivity index is 2.23. The Kier molecular flexibility index (Phi) is 4.15. The average molecular weight is 424 g/mol. The topological polar surface area (TPSA) is 48.9 Å². The summed E-state index contributed by atoms with van der Waals surface area (Å²) in [7, 11) is 3.21. The summed E-state index contributed by atoms with van der Waals surface area (Å²) in [6.45, 7) is 2.02. The minimum absolute atomic E-state index is 0.290. The molecule has 2 aromatic carbocycles. The molecular weight excluding hydrogens is 406 g/mol. The fourth-order valence-electron chi connectivity index (χ4n) is 3.45. The molecule has 2 heterocycles. The number of nitrogens with zero attached hydrogens (tertiary/aromatic N) is 3. The first kappa shape index (κ1) is 17.5. The Morgan fingerprint density at radius 2 is 1.56 bits per heavy atom. The van der Waals surface area contributed by atoms with Crippen LogP contribution in [0.15, 0.2) is 68.8 Å². The molecule has 0 spiro atoms. The summed E-state index contributed by atoms with van der Waals surface area (Å²) in [5.74, 6) is 0. The lowest BCUT2D eigenvalue weighted by Gasteiger charge is -2.12. The van der Waals surface area contributed by atoms with E-state index in [1.165, 1.54) is 11.6 Å². The molecule has 0 N–H and O–H groups in total. The molecule has 0 saturated carbocycles. The number of hydrogen-bond acceptors (Lipinski definition) is 2. The van der Waals surface area contributed by atoms with Crippen LogP contribution >= 0.6 is 15.9 Å². The molecule has 6 heteroatoms. The van der Waals surface area contributed by atoms with Crippen LogP contribution in [0.25, 0.3) is 27.8 Å². The van der Waals surface area contributed by atoms with Crippen LogP contribution in [0.3, 0.4) is 0 Å². The molecule has 136 valence electrons. The van der Waals surface area contributed by atoms with E-state index in [9.17, 15) is 9.59 Å². The molecule has 2 aromatic heterocycles. The summed E-state index contributed by atoms with van der Waals surface area (Å²) in [6.07, 6.45) is 1.86. The molecule has 27 heavy (non-hydrogen) atoms. The molecular formula is C21H18BrN3O2. The van der Waals surface area contributed by atoms with Gasteiger partial charge in [-0.05, 0) is 36.8 Å². The van der Waals surface area contributed by atoms with Gasteiger partial charge in [-0.15, -0.1) is 0 Å². The molecule has 0 unspecified atom stereocenters. The Morgan fingerprint density at radius 1 is 0.889 bits per heavy atom.